The third-order valence-electron chi connectivity index (χ3n) is 2.38. The molecule has 0 aromatic carbocycles. The highest BCUT2D eigenvalue weighted by atomic mass is 16.4. The molecule has 0 fully saturated rings. The molecule has 0 spiro atoms. The summed E-state index contributed by atoms with van der Waals surface area (Å²) >= 11 is 0. The van der Waals surface area contributed by atoms with Crippen LogP contribution in [0.5, 0.6) is 0 Å². The molecule has 0 aliphatic carbocycles. The highest BCUT2D eigenvalue weighted by molar-refractivity contribution is 5.93. The summed E-state index contributed by atoms with van der Waals surface area (Å²) in [6.07, 6.45) is 2.60. The van der Waals surface area contributed by atoms with Gasteiger partial charge in [-0.05, 0) is 32.4 Å². The van der Waals surface area contributed by atoms with Crippen LogP contribution in [0.4, 0.5) is 5.82 Å². The molecule has 0 radical (unpaired) electrons. The summed E-state index contributed by atoms with van der Waals surface area (Å²) in [6.45, 7) is 6.96. The SMILES string of the molecule is CCCN(c1ncccc1C(=O)O)C(C)C. The lowest BCUT2D eigenvalue weighted by Crippen LogP contribution is -2.33. The molecule has 0 aliphatic rings. The zero-order chi connectivity index (χ0) is 12.1. The molecule has 4 heteroatoms. The third kappa shape index (κ3) is 2.72. The van der Waals surface area contributed by atoms with Crippen LogP contribution in [0.15, 0.2) is 18.3 Å². The molecule has 0 aliphatic heterocycles. The average Bonchev–Trinajstić information content (AvgIpc) is 2.25. The van der Waals surface area contributed by atoms with Gasteiger partial charge in [-0.25, -0.2) is 9.78 Å². The van der Waals surface area contributed by atoms with Gasteiger partial charge in [0.15, 0.2) is 0 Å². The minimum atomic E-state index is -0.926. The lowest BCUT2D eigenvalue weighted by Gasteiger charge is -2.28. The van der Waals surface area contributed by atoms with E-state index in [1.807, 2.05) is 18.7 Å². The summed E-state index contributed by atoms with van der Waals surface area (Å²) in [5.74, 6) is -0.364. The van der Waals surface area contributed by atoms with Gasteiger partial charge < -0.3 is 10.0 Å². The number of anilines is 1. The Morgan fingerprint density at radius 2 is 2.25 bits per heavy atom. The number of nitrogens with zero attached hydrogens (tertiary/aromatic N) is 2. The number of carboxylic acids is 1. The molecule has 0 saturated heterocycles. The lowest BCUT2D eigenvalue weighted by molar-refractivity contribution is 0.0697. The van der Waals surface area contributed by atoms with Crippen molar-refractivity contribution in [1.82, 2.24) is 4.98 Å². The first kappa shape index (κ1) is 12.5. The molecule has 88 valence electrons. The highest BCUT2D eigenvalue weighted by Gasteiger charge is 2.18. The third-order valence-corrected chi connectivity index (χ3v) is 2.38. The summed E-state index contributed by atoms with van der Waals surface area (Å²) in [4.78, 5) is 17.3. The average molecular weight is 222 g/mol. The number of rotatable bonds is 5. The quantitative estimate of drug-likeness (QED) is 0.831. The van der Waals surface area contributed by atoms with Gasteiger partial charge in [-0.2, -0.15) is 0 Å². The van der Waals surface area contributed by atoms with Gasteiger partial charge in [-0.1, -0.05) is 6.92 Å². The van der Waals surface area contributed by atoms with E-state index >= 15 is 0 Å². The van der Waals surface area contributed by atoms with Crippen LogP contribution >= 0.6 is 0 Å². The van der Waals surface area contributed by atoms with Crippen molar-refractivity contribution in [3.05, 3.63) is 23.9 Å². The minimum absolute atomic E-state index is 0.243. The number of aromatic carboxylic acids is 1. The van der Waals surface area contributed by atoms with Crippen molar-refractivity contribution in [3.8, 4) is 0 Å². The molecule has 1 aromatic heterocycles. The summed E-state index contributed by atoms with van der Waals surface area (Å²) in [5, 5.41) is 9.10. The fraction of sp³-hybridized carbons (Fsp3) is 0.500. The molecule has 1 N–H and O–H groups in total. The molecule has 0 saturated carbocycles. The van der Waals surface area contributed by atoms with Crippen LogP contribution in [0, 0.1) is 0 Å². The molecule has 0 amide bonds. The molecule has 1 rings (SSSR count). The second-order valence-corrected chi connectivity index (χ2v) is 3.97. The predicted molar refractivity (Wildman–Crippen MR) is 64.0 cm³/mol. The monoisotopic (exact) mass is 222 g/mol. The van der Waals surface area contributed by atoms with E-state index in [1.165, 1.54) is 0 Å². The van der Waals surface area contributed by atoms with Crippen molar-refractivity contribution in [2.24, 2.45) is 0 Å². The lowest BCUT2D eigenvalue weighted by atomic mass is 10.2. The van der Waals surface area contributed by atoms with E-state index in [-0.39, 0.29) is 11.6 Å². The summed E-state index contributed by atoms with van der Waals surface area (Å²) in [5.41, 5.74) is 0.268. The Kier molecular flexibility index (Phi) is 4.28. The first-order chi connectivity index (χ1) is 7.57. The van der Waals surface area contributed by atoms with E-state index in [1.54, 1.807) is 18.3 Å². The van der Waals surface area contributed by atoms with Gasteiger partial charge in [0.1, 0.15) is 11.4 Å². The molecule has 0 unspecified atom stereocenters. The second kappa shape index (κ2) is 5.49. The van der Waals surface area contributed by atoms with Crippen LogP contribution in [0.1, 0.15) is 37.6 Å². The molecular weight excluding hydrogens is 204 g/mol. The van der Waals surface area contributed by atoms with Gasteiger partial charge in [-0.15, -0.1) is 0 Å². The fourth-order valence-electron chi connectivity index (χ4n) is 1.64. The topological polar surface area (TPSA) is 53.4 Å². The van der Waals surface area contributed by atoms with Crippen molar-refractivity contribution in [2.75, 3.05) is 11.4 Å². The Morgan fingerprint density at radius 3 is 2.75 bits per heavy atom. The number of hydrogen-bond acceptors (Lipinski definition) is 3. The van der Waals surface area contributed by atoms with Crippen LogP contribution in [-0.2, 0) is 0 Å². The summed E-state index contributed by atoms with van der Waals surface area (Å²) < 4.78 is 0. The standard InChI is InChI=1S/C12H18N2O2/c1-4-8-14(9(2)3)11-10(12(15)16)6-5-7-13-11/h5-7,9H,4,8H2,1-3H3,(H,15,16). The zero-order valence-electron chi connectivity index (χ0n) is 9.97. The normalized spacial score (nSPS) is 10.5. The molecule has 4 nitrogen and oxygen atoms in total. The Labute approximate surface area is 95.9 Å². The molecular formula is C12H18N2O2. The molecule has 16 heavy (non-hydrogen) atoms. The fourth-order valence-corrected chi connectivity index (χ4v) is 1.64. The minimum Gasteiger partial charge on any atom is -0.478 e. The van der Waals surface area contributed by atoms with Crippen LogP contribution in [0.25, 0.3) is 0 Å². The van der Waals surface area contributed by atoms with E-state index < -0.39 is 5.97 Å². The molecule has 0 bridgehead atoms. The van der Waals surface area contributed by atoms with E-state index in [9.17, 15) is 4.79 Å². The maximum atomic E-state index is 11.1. The van der Waals surface area contributed by atoms with Crippen molar-refractivity contribution in [2.45, 2.75) is 33.2 Å². The smallest absolute Gasteiger partial charge is 0.339 e. The number of aromatic nitrogens is 1. The Hall–Kier alpha value is -1.58. The van der Waals surface area contributed by atoms with E-state index in [0.717, 1.165) is 13.0 Å². The number of hydrogen-bond donors (Lipinski definition) is 1. The van der Waals surface area contributed by atoms with Crippen LogP contribution in [0.3, 0.4) is 0 Å². The second-order valence-electron chi connectivity index (χ2n) is 3.97. The van der Waals surface area contributed by atoms with Gasteiger partial charge in [-0.3, -0.25) is 0 Å². The van der Waals surface area contributed by atoms with Crippen molar-refractivity contribution in [3.63, 3.8) is 0 Å². The number of pyridine rings is 1. The zero-order valence-corrected chi connectivity index (χ0v) is 9.97. The largest absolute Gasteiger partial charge is 0.478 e. The van der Waals surface area contributed by atoms with Crippen LogP contribution in [-0.4, -0.2) is 28.6 Å². The molecule has 0 atom stereocenters. The van der Waals surface area contributed by atoms with E-state index in [4.69, 9.17) is 5.11 Å². The number of carbonyl (C=O) groups is 1. The van der Waals surface area contributed by atoms with Crippen molar-refractivity contribution in [1.29, 1.82) is 0 Å². The summed E-state index contributed by atoms with van der Waals surface area (Å²) in [6, 6.07) is 3.49. The molecule has 1 aromatic rings. The Morgan fingerprint density at radius 1 is 1.56 bits per heavy atom. The van der Waals surface area contributed by atoms with Gasteiger partial charge in [0.25, 0.3) is 0 Å². The van der Waals surface area contributed by atoms with Crippen LogP contribution in [0.2, 0.25) is 0 Å². The Balaban J connectivity index is 3.12. The van der Waals surface area contributed by atoms with Gasteiger partial charge >= 0.3 is 5.97 Å². The van der Waals surface area contributed by atoms with Gasteiger partial charge in [0.2, 0.25) is 0 Å². The van der Waals surface area contributed by atoms with E-state index in [2.05, 4.69) is 11.9 Å². The molecule has 1 heterocycles. The maximum absolute atomic E-state index is 11.1. The van der Waals surface area contributed by atoms with Gasteiger partial charge in [0, 0.05) is 18.8 Å². The van der Waals surface area contributed by atoms with E-state index in [0.29, 0.717) is 5.82 Å². The maximum Gasteiger partial charge on any atom is 0.339 e. The number of carboxylic acid groups (broad SMARTS) is 1. The van der Waals surface area contributed by atoms with Crippen molar-refractivity contribution < 1.29 is 9.90 Å². The van der Waals surface area contributed by atoms with Crippen LogP contribution < -0.4 is 4.90 Å². The first-order valence-electron chi connectivity index (χ1n) is 5.52. The summed E-state index contributed by atoms with van der Waals surface area (Å²) in [7, 11) is 0. The van der Waals surface area contributed by atoms with Crippen molar-refractivity contribution >= 4 is 11.8 Å². The predicted octanol–water partition coefficient (Wildman–Crippen LogP) is 2.40. The highest BCUT2D eigenvalue weighted by Crippen LogP contribution is 2.19. The first-order valence-corrected chi connectivity index (χ1v) is 5.52. The Bertz CT molecular complexity index is 364. The van der Waals surface area contributed by atoms with Gasteiger partial charge in [0.05, 0.1) is 0 Å².